The smallest absolute Gasteiger partial charge is 0.299 e. The first-order valence-corrected chi connectivity index (χ1v) is 5.08. The lowest BCUT2D eigenvalue weighted by molar-refractivity contribution is 0.139. The molecule has 1 atom stereocenters. The number of rotatable bonds is 2. The summed E-state index contributed by atoms with van der Waals surface area (Å²) in [6.45, 7) is 4.89. The predicted octanol–water partition coefficient (Wildman–Crippen LogP) is 2.23. The number of halogens is 2. The molecule has 0 saturated carbocycles. The average molecular weight is 216 g/mol. The Morgan fingerprint density at radius 1 is 1.47 bits per heavy atom. The molecule has 2 heterocycles. The number of fused-ring (bicyclic) bond motifs is 1. The molecule has 0 aliphatic carbocycles. The van der Waals surface area contributed by atoms with Crippen LogP contribution < -0.4 is 5.32 Å². The maximum atomic E-state index is 12.4. The van der Waals surface area contributed by atoms with Gasteiger partial charge in [0.1, 0.15) is 0 Å². The molecule has 0 spiro atoms. The van der Waals surface area contributed by atoms with E-state index in [1.54, 1.807) is 4.68 Å². The van der Waals surface area contributed by atoms with Crippen LogP contribution >= 0.6 is 0 Å². The zero-order chi connectivity index (χ0) is 11.0. The summed E-state index contributed by atoms with van der Waals surface area (Å²) in [6, 6.07) is 0.168. The number of alkyl halides is 2. The van der Waals surface area contributed by atoms with Crippen LogP contribution in [0.5, 0.6) is 0 Å². The summed E-state index contributed by atoms with van der Waals surface area (Å²) in [4.78, 5) is 3.77. The highest BCUT2D eigenvalue weighted by Crippen LogP contribution is 2.29. The first-order valence-electron chi connectivity index (χ1n) is 5.08. The fourth-order valence-corrected chi connectivity index (χ4v) is 1.85. The van der Waals surface area contributed by atoms with Gasteiger partial charge in [0.25, 0.3) is 6.43 Å². The molecule has 1 aliphatic heterocycles. The van der Waals surface area contributed by atoms with Crippen LogP contribution in [0.4, 0.5) is 14.7 Å². The zero-order valence-corrected chi connectivity index (χ0v) is 8.74. The Bertz CT molecular complexity index is 348. The van der Waals surface area contributed by atoms with Gasteiger partial charge in [0.15, 0.2) is 0 Å². The summed E-state index contributed by atoms with van der Waals surface area (Å²) in [5.74, 6) is 0.457. The Morgan fingerprint density at radius 2 is 2.20 bits per heavy atom. The van der Waals surface area contributed by atoms with Gasteiger partial charge < -0.3 is 5.32 Å². The van der Waals surface area contributed by atoms with Crippen LogP contribution in [0.1, 0.15) is 38.6 Å². The average Bonchev–Trinajstić information content (AvgIpc) is 2.60. The first kappa shape index (κ1) is 10.3. The van der Waals surface area contributed by atoms with Crippen molar-refractivity contribution in [3.05, 3.63) is 5.82 Å². The molecular formula is C9H14F2N4. The van der Waals surface area contributed by atoms with Gasteiger partial charge in [-0.2, -0.15) is 4.98 Å². The molecule has 2 rings (SSSR count). The maximum absolute atomic E-state index is 12.4. The molecule has 0 fully saturated rings. The van der Waals surface area contributed by atoms with Gasteiger partial charge >= 0.3 is 0 Å². The van der Waals surface area contributed by atoms with Crippen LogP contribution in [0.2, 0.25) is 0 Å². The normalized spacial score (nSPS) is 20.5. The number of nitrogens with zero attached hydrogens (tertiary/aromatic N) is 3. The summed E-state index contributed by atoms with van der Waals surface area (Å²) in [5.41, 5.74) is 0. The van der Waals surface area contributed by atoms with E-state index in [4.69, 9.17) is 0 Å². The fourth-order valence-electron chi connectivity index (χ4n) is 1.85. The molecule has 0 saturated heterocycles. The van der Waals surface area contributed by atoms with Crippen LogP contribution in [-0.2, 0) is 0 Å². The highest BCUT2D eigenvalue weighted by Gasteiger charge is 2.27. The minimum Gasteiger partial charge on any atom is -0.354 e. The van der Waals surface area contributed by atoms with Crippen molar-refractivity contribution in [2.75, 3.05) is 11.9 Å². The highest BCUT2D eigenvalue weighted by molar-refractivity contribution is 5.28. The van der Waals surface area contributed by atoms with Crippen molar-refractivity contribution in [1.29, 1.82) is 0 Å². The monoisotopic (exact) mass is 216 g/mol. The third kappa shape index (κ3) is 1.80. The third-order valence-electron chi connectivity index (χ3n) is 2.65. The number of nitrogens with one attached hydrogen (secondary N) is 1. The standard InChI is InChI=1S/C9H14F2N4/c1-5(2)6-3-4-12-9-13-8(7(10)11)14-15(6)9/h5-7H,3-4H2,1-2H3,(H,12,13,14). The fraction of sp³-hybridized carbons (Fsp3) is 0.778. The Kier molecular flexibility index (Phi) is 2.58. The number of hydrogen-bond acceptors (Lipinski definition) is 3. The molecule has 1 aromatic heterocycles. The summed E-state index contributed by atoms with van der Waals surface area (Å²) >= 11 is 0. The van der Waals surface area contributed by atoms with Crippen LogP contribution in [0, 0.1) is 5.92 Å². The van der Waals surface area contributed by atoms with Gasteiger partial charge in [-0.15, -0.1) is 5.10 Å². The maximum Gasteiger partial charge on any atom is 0.299 e. The van der Waals surface area contributed by atoms with E-state index in [0.29, 0.717) is 11.9 Å². The SMILES string of the molecule is CC(C)C1CCNc2nc(C(F)F)nn21. The van der Waals surface area contributed by atoms with E-state index in [2.05, 4.69) is 29.2 Å². The molecule has 1 aliphatic rings. The predicted molar refractivity (Wildman–Crippen MR) is 52.0 cm³/mol. The van der Waals surface area contributed by atoms with E-state index >= 15 is 0 Å². The highest BCUT2D eigenvalue weighted by atomic mass is 19.3. The Morgan fingerprint density at radius 3 is 2.80 bits per heavy atom. The zero-order valence-electron chi connectivity index (χ0n) is 8.74. The molecule has 1 N–H and O–H groups in total. The van der Waals surface area contributed by atoms with Gasteiger partial charge in [-0.05, 0) is 12.3 Å². The largest absolute Gasteiger partial charge is 0.354 e. The van der Waals surface area contributed by atoms with E-state index in [1.165, 1.54) is 0 Å². The van der Waals surface area contributed by atoms with E-state index in [1.807, 2.05) is 0 Å². The lowest BCUT2D eigenvalue weighted by atomic mass is 10.0. The molecule has 6 heteroatoms. The van der Waals surface area contributed by atoms with Gasteiger partial charge in [0.05, 0.1) is 6.04 Å². The van der Waals surface area contributed by atoms with Gasteiger partial charge in [-0.25, -0.2) is 13.5 Å². The lowest BCUT2D eigenvalue weighted by Crippen LogP contribution is -2.27. The minimum absolute atomic E-state index is 0.168. The molecule has 4 nitrogen and oxygen atoms in total. The number of aromatic nitrogens is 3. The van der Waals surface area contributed by atoms with Gasteiger partial charge in [-0.3, -0.25) is 0 Å². The van der Waals surface area contributed by atoms with Crippen molar-refractivity contribution < 1.29 is 8.78 Å². The number of hydrogen-bond donors (Lipinski definition) is 1. The van der Waals surface area contributed by atoms with Gasteiger partial charge in [0, 0.05) is 6.54 Å². The van der Waals surface area contributed by atoms with Crippen molar-refractivity contribution in [3.8, 4) is 0 Å². The van der Waals surface area contributed by atoms with Gasteiger partial charge in [0.2, 0.25) is 11.8 Å². The molecule has 0 amide bonds. The van der Waals surface area contributed by atoms with E-state index in [0.717, 1.165) is 13.0 Å². The third-order valence-corrected chi connectivity index (χ3v) is 2.65. The summed E-state index contributed by atoms with van der Waals surface area (Å²) in [6.07, 6.45) is -1.70. The molecule has 0 bridgehead atoms. The summed E-state index contributed by atoms with van der Waals surface area (Å²) in [5, 5.41) is 6.82. The Labute approximate surface area is 86.7 Å². The molecule has 0 radical (unpaired) electrons. The second-order valence-corrected chi connectivity index (χ2v) is 4.07. The van der Waals surface area contributed by atoms with Gasteiger partial charge in [-0.1, -0.05) is 13.8 Å². The van der Waals surface area contributed by atoms with Crippen LogP contribution in [0.3, 0.4) is 0 Å². The van der Waals surface area contributed by atoms with E-state index in [9.17, 15) is 8.78 Å². The Hall–Kier alpha value is -1.20. The summed E-state index contributed by atoms with van der Waals surface area (Å²) < 4.78 is 26.4. The number of anilines is 1. The van der Waals surface area contributed by atoms with Crippen LogP contribution in [0.15, 0.2) is 0 Å². The van der Waals surface area contributed by atoms with Crippen molar-refractivity contribution in [2.24, 2.45) is 5.92 Å². The van der Waals surface area contributed by atoms with E-state index < -0.39 is 6.43 Å². The molecule has 15 heavy (non-hydrogen) atoms. The van der Waals surface area contributed by atoms with Crippen LogP contribution in [0.25, 0.3) is 0 Å². The molecule has 1 aromatic rings. The molecule has 84 valence electrons. The molecule has 0 aromatic carbocycles. The Balaban J connectivity index is 2.34. The topological polar surface area (TPSA) is 42.7 Å². The first-order chi connectivity index (χ1) is 7.09. The lowest BCUT2D eigenvalue weighted by Gasteiger charge is -2.27. The van der Waals surface area contributed by atoms with Crippen LogP contribution in [-0.4, -0.2) is 21.3 Å². The molecular weight excluding hydrogens is 202 g/mol. The molecule has 1 unspecified atom stereocenters. The quantitative estimate of drug-likeness (QED) is 0.824. The minimum atomic E-state index is -2.60. The second kappa shape index (κ2) is 3.75. The van der Waals surface area contributed by atoms with E-state index in [-0.39, 0.29) is 11.9 Å². The second-order valence-electron chi connectivity index (χ2n) is 4.07. The van der Waals surface area contributed by atoms with Crippen molar-refractivity contribution in [3.63, 3.8) is 0 Å². The van der Waals surface area contributed by atoms with Crippen molar-refractivity contribution >= 4 is 5.95 Å². The van der Waals surface area contributed by atoms with Crippen molar-refractivity contribution in [1.82, 2.24) is 14.8 Å². The summed E-state index contributed by atoms with van der Waals surface area (Å²) in [7, 11) is 0. The van der Waals surface area contributed by atoms with Crippen molar-refractivity contribution in [2.45, 2.75) is 32.7 Å².